The third-order valence-electron chi connectivity index (χ3n) is 3.93. The summed E-state index contributed by atoms with van der Waals surface area (Å²) >= 11 is 6.10. The SMILES string of the molecule is CNC(c1cccc(Cl)c1)c1ccc2c(c1)CCC2. The zero-order valence-electron chi connectivity index (χ0n) is 11.1. The van der Waals surface area contributed by atoms with E-state index in [2.05, 4.69) is 29.6 Å². The van der Waals surface area contributed by atoms with Gasteiger partial charge in [-0.1, -0.05) is 41.9 Å². The Bertz CT molecular complexity index is 592. The van der Waals surface area contributed by atoms with Crippen LogP contribution in [0.2, 0.25) is 5.02 Å². The lowest BCUT2D eigenvalue weighted by molar-refractivity contribution is 0.691. The minimum atomic E-state index is 0.213. The fourth-order valence-electron chi connectivity index (χ4n) is 2.98. The molecule has 0 heterocycles. The monoisotopic (exact) mass is 271 g/mol. The van der Waals surface area contributed by atoms with Crippen LogP contribution in [0.15, 0.2) is 42.5 Å². The lowest BCUT2D eigenvalue weighted by Gasteiger charge is -2.18. The minimum Gasteiger partial charge on any atom is -0.309 e. The average molecular weight is 272 g/mol. The Morgan fingerprint density at radius 1 is 1.00 bits per heavy atom. The number of aryl methyl sites for hydroxylation is 2. The van der Waals surface area contributed by atoms with E-state index in [0.29, 0.717) is 0 Å². The molecule has 1 aliphatic rings. The molecule has 0 aromatic heterocycles. The van der Waals surface area contributed by atoms with Crippen LogP contribution in [0.1, 0.15) is 34.7 Å². The van der Waals surface area contributed by atoms with Gasteiger partial charge in [0.15, 0.2) is 0 Å². The van der Waals surface area contributed by atoms with Crippen molar-refractivity contribution in [3.8, 4) is 0 Å². The zero-order valence-corrected chi connectivity index (χ0v) is 11.9. The number of benzene rings is 2. The van der Waals surface area contributed by atoms with Crippen molar-refractivity contribution in [3.05, 3.63) is 69.7 Å². The van der Waals surface area contributed by atoms with Crippen molar-refractivity contribution < 1.29 is 0 Å². The van der Waals surface area contributed by atoms with Crippen LogP contribution in [0.3, 0.4) is 0 Å². The Hall–Kier alpha value is -1.31. The van der Waals surface area contributed by atoms with Crippen molar-refractivity contribution in [1.82, 2.24) is 5.32 Å². The van der Waals surface area contributed by atoms with Crippen LogP contribution in [-0.4, -0.2) is 7.05 Å². The van der Waals surface area contributed by atoms with Crippen LogP contribution in [0.5, 0.6) is 0 Å². The average Bonchev–Trinajstić information content (AvgIpc) is 2.87. The van der Waals surface area contributed by atoms with E-state index in [1.165, 1.54) is 41.5 Å². The predicted octanol–water partition coefficient (Wildman–Crippen LogP) is 4.14. The van der Waals surface area contributed by atoms with Crippen molar-refractivity contribution in [2.24, 2.45) is 0 Å². The van der Waals surface area contributed by atoms with Gasteiger partial charge in [0.1, 0.15) is 0 Å². The van der Waals surface area contributed by atoms with Crippen LogP contribution < -0.4 is 5.32 Å². The molecule has 98 valence electrons. The molecule has 1 atom stereocenters. The van der Waals surface area contributed by atoms with Crippen LogP contribution in [0, 0.1) is 0 Å². The van der Waals surface area contributed by atoms with Gasteiger partial charge in [-0.3, -0.25) is 0 Å². The molecule has 19 heavy (non-hydrogen) atoms. The van der Waals surface area contributed by atoms with E-state index in [1.807, 2.05) is 25.2 Å². The third-order valence-corrected chi connectivity index (χ3v) is 4.16. The molecular formula is C17H18ClN. The quantitative estimate of drug-likeness (QED) is 0.885. The molecule has 0 bridgehead atoms. The van der Waals surface area contributed by atoms with Crippen molar-refractivity contribution in [2.75, 3.05) is 7.05 Å². The summed E-state index contributed by atoms with van der Waals surface area (Å²) < 4.78 is 0. The van der Waals surface area contributed by atoms with E-state index in [-0.39, 0.29) is 6.04 Å². The number of hydrogen-bond donors (Lipinski definition) is 1. The maximum atomic E-state index is 6.10. The van der Waals surface area contributed by atoms with E-state index in [1.54, 1.807) is 0 Å². The van der Waals surface area contributed by atoms with Gasteiger partial charge in [-0.05, 0) is 60.7 Å². The first-order chi connectivity index (χ1) is 9.28. The molecule has 0 aliphatic heterocycles. The molecule has 0 spiro atoms. The van der Waals surface area contributed by atoms with Crippen molar-refractivity contribution in [3.63, 3.8) is 0 Å². The van der Waals surface area contributed by atoms with Gasteiger partial charge in [0.05, 0.1) is 6.04 Å². The lowest BCUT2D eigenvalue weighted by atomic mass is 9.96. The standard InChI is InChI=1S/C17H18ClN/c1-19-17(14-6-3-7-16(18)11-14)15-9-8-12-4-2-5-13(12)10-15/h3,6-11,17,19H,2,4-5H2,1H3. The maximum absolute atomic E-state index is 6.10. The highest BCUT2D eigenvalue weighted by Gasteiger charge is 2.16. The highest BCUT2D eigenvalue weighted by Crippen LogP contribution is 2.29. The third kappa shape index (κ3) is 2.54. The van der Waals surface area contributed by atoms with Crippen LogP contribution in [0.4, 0.5) is 0 Å². The number of rotatable bonds is 3. The highest BCUT2D eigenvalue weighted by atomic mass is 35.5. The topological polar surface area (TPSA) is 12.0 Å². The first-order valence-corrected chi connectivity index (χ1v) is 7.20. The summed E-state index contributed by atoms with van der Waals surface area (Å²) in [6.45, 7) is 0. The normalized spacial score (nSPS) is 15.3. The summed E-state index contributed by atoms with van der Waals surface area (Å²) in [5.41, 5.74) is 5.57. The van der Waals surface area contributed by atoms with Crippen molar-refractivity contribution >= 4 is 11.6 Å². The van der Waals surface area contributed by atoms with E-state index in [9.17, 15) is 0 Å². The molecule has 2 aromatic rings. The Morgan fingerprint density at radius 2 is 1.79 bits per heavy atom. The van der Waals surface area contributed by atoms with Gasteiger partial charge in [0.2, 0.25) is 0 Å². The van der Waals surface area contributed by atoms with Gasteiger partial charge in [-0.15, -0.1) is 0 Å². The summed E-state index contributed by atoms with van der Waals surface area (Å²) in [7, 11) is 2.00. The van der Waals surface area contributed by atoms with Crippen LogP contribution in [-0.2, 0) is 12.8 Å². The summed E-state index contributed by atoms with van der Waals surface area (Å²) in [6.07, 6.45) is 3.74. The predicted molar refractivity (Wildman–Crippen MR) is 80.8 cm³/mol. The van der Waals surface area contributed by atoms with E-state index in [4.69, 9.17) is 11.6 Å². The second-order valence-electron chi connectivity index (χ2n) is 5.16. The Kier molecular flexibility index (Phi) is 3.58. The van der Waals surface area contributed by atoms with Crippen LogP contribution >= 0.6 is 11.6 Å². The van der Waals surface area contributed by atoms with Gasteiger partial charge in [0.25, 0.3) is 0 Å². The van der Waals surface area contributed by atoms with Gasteiger partial charge < -0.3 is 5.32 Å². The molecule has 1 aliphatic carbocycles. The molecule has 0 saturated heterocycles. The highest BCUT2D eigenvalue weighted by molar-refractivity contribution is 6.30. The second-order valence-corrected chi connectivity index (χ2v) is 5.59. The molecule has 0 fully saturated rings. The first-order valence-electron chi connectivity index (χ1n) is 6.82. The molecule has 1 N–H and O–H groups in total. The molecule has 0 saturated carbocycles. The fourth-order valence-corrected chi connectivity index (χ4v) is 3.18. The summed E-state index contributed by atoms with van der Waals surface area (Å²) in [6, 6.07) is 15.2. The number of fused-ring (bicyclic) bond motifs is 1. The smallest absolute Gasteiger partial charge is 0.0574 e. The minimum absolute atomic E-state index is 0.213. The molecular weight excluding hydrogens is 254 g/mol. The van der Waals surface area contributed by atoms with Gasteiger partial charge in [-0.2, -0.15) is 0 Å². The van der Waals surface area contributed by atoms with Gasteiger partial charge in [0, 0.05) is 5.02 Å². The molecule has 3 rings (SSSR count). The van der Waals surface area contributed by atoms with Crippen molar-refractivity contribution in [1.29, 1.82) is 0 Å². The number of halogens is 1. The molecule has 2 aromatic carbocycles. The molecule has 2 heteroatoms. The molecule has 1 unspecified atom stereocenters. The van der Waals surface area contributed by atoms with Crippen molar-refractivity contribution in [2.45, 2.75) is 25.3 Å². The summed E-state index contributed by atoms with van der Waals surface area (Å²) in [5.74, 6) is 0. The Morgan fingerprint density at radius 3 is 2.58 bits per heavy atom. The summed E-state index contributed by atoms with van der Waals surface area (Å²) in [4.78, 5) is 0. The summed E-state index contributed by atoms with van der Waals surface area (Å²) in [5, 5.41) is 4.19. The first kappa shape index (κ1) is 12.7. The van der Waals surface area contributed by atoms with E-state index < -0.39 is 0 Å². The largest absolute Gasteiger partial charge is 0.309 e. The lowest BCUT2D eigenvalue weighted by Crippen LogP contribution is -2.17. The van der Waals surface area contributed by atoms with Gasteiger partial charge >= 0.3 is 0 Å². The van der Waals surface area contributed by atoms with Gasteiger partial charge in [-0.25, -0.2) is 0 Å². The molecule has 0 amide bonds. The number of nitrogens with one attached hydrogen (secondary N) is 1. The van der Waals surface area contributed by atoms with E-state index in [0.717, 1.165) is 5.02 Å². The second kappa shape index (κ2) is 5.36. The Labute approximate surface area is 119 Å². The maximum Gasteiger partial charge on any atom is 0.0574 e. The molecule has 0 radical (unpaired) electrons. The Balaban J connectivity index is 1.98. The van der Waals surface area contributed by atoms with E-state index >= 15 is 0 Å². The molecule has 1 nitrogen and oxygen atoms in total. The zero-order chi connectivity index (χ0) is 13.2. The fraction of sp³-hybridized carbons (Fsp3) is 0.294. The van der Waals surface area contributed by atoms with Crippen LogP contribution in [0.25, 0.3) is 0 Å². The number of hydrogen-bond acceptors (Lipinski definition) is 1.